The van der Waals surface area contributed by atoms with Gasteiger partial charge >= 0.3 is 6.03 Å². The van der Waals surface area contributed by atoms with Gasteiger partial charge in [0.1, 0.15) is 0 Å². The number of piperazine rings is 1. The van der Waals surface area contributed by atoms with Crippen LogP contribution in [0, 0.1) is 6.92 Å². The molecule has 0 unspecified atom stereocenters. The molecular formula is C15H22ClN3O. The van der Waals surface area contributed by atoms with Gasteiger partial charge in [-0.1, -0.05) is 24.6 Å². The zero-order chi connectivity index (χ0) is 14.5. The number of hydrogen-bond donors (Lipinski definition) is 1. The summed E-state index contributed by atoms with van der Waals surface area (Å²) in [5, 5.41) is 3.72. The molecule has 20 heavy (non-hydrogen) atoms. The van der Waals surface area contributed by atoms with Crippen molar-refractivity contribution < 1.29 is 4.79 Å². The average Bonchev–Trinajstić information content (AvgIpc) is 2.48. The second-order valence-corrected chi connectivity index (χ2v) is 5.50. The highest BCUT2D eigenvalue weighted by molar-refractivity contribution is 6.31. The number of halogens is 1. The van der Waals surface area contributed by atoms with Crippen molar-refractivity contribution in [2.75, 3.05) is 37.6 Å². The maximum Gasteiger partial charge on any atom is 0.317 e. The van der Waals surface area contributed by atoms with E-state index < -0.39 is 0 Å². The molecule has 1 N–H and O–H groups in total. The second-order valence-electron chi connectivity index (χ2n) is 5.09. The van der Waals surface area contributed by atoms with Crippen LogP contribution < -0.4 is 10.2 Å². The van der Waals surface area contributed by atoms with E-state index in [9.17, 15) is 4.79 Å². The summed E-state index contributed by atoms with van der Waals surface area (Å²) in [6, 6.07) is 6.03. The summed E-state index contributed by atoms with van der Waals surface area (Å²) in [5.74, 6) is 0. The van der Waals surface area contributed by atoms with E-state index in [1.54, 1.807) is 0 Å². The Balaban J connectivity index is 1.94. The van der Waals surface area contributed by atoms with E-state index in [-0.39, 0.29) is 6.03 Å². The van der Waals surface area contributed by atoms with Crippen LogP contribution in [-0.4, -0.2) is 43.7 Å². The van der Waals surface area contributed by atoms with Crippen molar-refractivity contribution >= 4 is 23.3 Å². The summed E-state index contributed by atoms with van der Waals surface area (Å²) in [6.07, 6.45) is 0.966. The molecule has 0 saturated carbocycles. The zero-order valence-electron chi connectivity index (χ0n) is 12.2. The van der Waals surface area contributed by atoms with Gasteiger partial charge in [-0.05, 0) is 31.0 Å². The Kier molecular flexibility index (Phi) is 5.12. The molecule has 0 aliphatic carbocycles. The second kappa shape index (κ2) is 6.84. The maximum atomic E-state index is 11.9. The number of carbonyl (C=O) groups excluding carboxylic acids is 1. The Bertz CT molecular complexity index is 470. The van der Waals surface area contributed by atoms with Crippen LogP contribution in [0.2, 0.25) is 5.02 Å². The molecule has 1 fully saturated rings. The quantitative estimate of drug-likeness (QED) is 0.931. The van der Waals surface area contributed by atoms with Crippen molar-refractivity contribution in [2.45, 2.75) is 20.3 Å². The van der Waals surface area contributed by atoms with Gasteiger partial charge in [-0.15, -0.1) is 0 Å². The first kappa shape index (κ1) is 15.0. The normalized spacial score (nSPS) is 15.3. The third kappa shape index (κ3) is 3.37. The predicted molar refractivity (Wildman–Crippen MR) is 83.7 cm³/mol. The molecule has 1 aromatic rings. The van der Waals surface area contributed by atoms with Crippen LogP contribution >= 0.6 is 11.6 Å². The third-order valence-electron chi connectivity index (χ3n) is 3.67. The SMILES string of the molecule is CCCNC(=O)N1CCN(c2cccc(Cl)c2C)CC1. The van der Waals surface area contributed by atoms with Crippen LogP contribution in [0.15, 0.2) is 18.2 Å². The van der Waals surface area contributed by atoms with Gasteiger partial charge in [-0.3, -0.25) is 0 Å². The average molecular weight is 296 g/mol. The molecule has 110 valence electrons. The fraction of sp³-hybridized carbons (Fsp3) is 0.533. The van der Waals surface area contributed by atoms with Crippen LogP contribution in [0.3, 0.4) is 0 Å². The Morgan fingerprint density at radius 1 is 1.30 bits per heavy atom. The van der Waals surface area contributed by atoms with E-state index >= 15 is 0 Å². The van der Waals surface area contributed by atoms with Gasteiger partial charge in [0, 0.05) is 43.4 Å². The van der Waals surface area contributed by atoms with E-state index in [0.29, 0.717) is 0 Å². The summed E-state index contributed by atoms with van der Waals surface area (Å²) < 4.78 is 0. The third-order valence-corrected chi connectivity index (χ3v) is 4.08. The first-order valence-corrected chi connectivity index (χ1v) is 7.54. The van der Waals surface area contributed by atoms with Crippen molar-refractivity contribution in [2.24, 2.45) is 0 Å². The molecular weight excluding hydrogens is 274 g/mol. The number of amides is 2. The minimum Gasteiger partial charge on any atom is -0.368 e. The Labute approximate surface area is 125 Å². The number of nitrogens with zero attached hydrogens (tertiary/aromatic N) is 2. The Hall–Kier alpha value is -1.42. The lowest BCUT2D eigenvalue weighted by Gasteiger charge is -2.36. The van der Waals surface area contributed by atoms with Crippen molar-refractivity contribution in [3.8, 4) is 0 Å². The van der Waals surface area contributed by atoms with Gasteiger partial charge in [-0.25, -0.2) is 4.79 Å². The number of benzene rings is 1. The molecule has 4 nitrogen and oxygen atoms in total. The minimum absolute atomic E-state index is 0.0503. The summed E-state index contributed by atoms with van der Waals surface area (Å²) in [7, 11) is 0. The van der Waals surface area contributed by atoms with Crippen molar-refractivity contribution in [1.82, 2.24) is 10.2 Å². The summed E-state index contributed by atoms with van der Waals surface area (Å²) in [4.78, 5) is 16.1. The fourth-order valence-electron chi connectivity index (χ4n) is 2.43. The topological polar surface area (TPSA) is 35.6 Å². The molecule has 2 amide bonds. The minimum atomic E-state index is 0.0503. The molecule has 0 atom stereocenters. The van der Waals surface area contributed by atoms with Crippen LogP contribution in [0.4, 0.5) is 10.5 Å². The lowest BCUT2D eigenvalue weighted by atomic mass is 10.1. The molecule has 5 heteroatoms. The first-order valence-electron chi connectivity index (χ1n) is 7.16. The monoisotopic (exact) mass is 295 g/mol. The van der Waals surface area contributed by atoms with Gasteiger partial charge in [0.15, 0.2) is 0 Å². The number of urea groups is 1. The highest BCUT2D eigenvalue weighted by Crippen LogP contribution is 2.27. The van der Waals surface area contributed by atoms with Gasteiger partial charge < -0.3 is 15.1 Å². The van der Waals surface area contributed by atoms with E-state index in [4.69, 9.17) is 11.6 Å². The van der Waals surface area contributed by atoms with Crippen LogP contribution in [-0.2, 0) is 0 Å². The van der Waals surface area contributed by atoms with Gasteiger partial charge in [0.2, 0.25) is 0 Å². The predicted octanol–water partition coefficient (Wildman–Crippen LogP) is 2.89. The highest BCUT2D eigenvalue weighted by atomic mass is 35.5. The molecule has 0 spiro atoms. The lowest BCUT2D eigenvalue weighted by molar-refractivity contribution is 0.194. The van der Waals surface area contributed by atoms with Crippen LogP contribution in [0.25, 0.3) is 0 Å². The van der Waals surface area contributed by atoms with Crippen LogP contribution in [0.5, 0.6) is 0 Å². The zero-order valence-corrected chi connectivity index (χ0v) is 12.9. The number of nitrogens with one attached hydrogen (secondary N) is 1. The Morgan fingerprint density at radius 2 is 2.00 bits per heavy atom. The molecule has 2 rings (SSSR count). The molecule has 1 aliphatic heterocycles. The summed E-state index contributed by atoms with van der Waals surface area (Å²) >= 11 is 6.17. The van der Waals surface area contributed by atoms with Crippen LogP contribution in [0.1, 0.15) is 18.9 Å². The van der Waals surface area contributed by atoms with E-state index in [1.807, 2.05) is 24.0 Å². The van der Waals surface area contributed by atoms with Gasteiger partial charge in [-0.2, -0.15) is 0 Å². The molecule has 1 heterocycles. The summed E-state index contributed by atoms with van der Waals surface area (Å²) in [6.45, 7) is 8.04. The number of anilines is 1. The molecule has 0 bridgehead atoms. The lowest BCUT2D eigenvalue weighted by Crippen LogP contribution is -2.52. The van der Waals surface area contributed by atoms with Crippen molar-refractivity contribution in [3.63, 3.8) is 0 Å². The Morgan fingerprint density at radius 3 is 2.65 bits per heavy atom. The smallest absolute Gasteiger partial charge is 0.317 e. The molecule has 0 aromatic heterocycles. The largest absolute Gasteiger partial charge is 0.368 e. The van der Waals surface area contributed by atoms with Crippen molar-refractivity contribution in [3.05, 3.63) is 28.8 Å². The van der Waals surface area contributed by atoms with Crippen molar-refractivity contribution in [1.29, 1.82) is 0 Å². The fourth-order valence-corrected chi connectivity index (χ4v) is 2.60. The standard InChI is InChI=1S/C15H22ClN3O/c1-3-7-17-15(20)19-10-8-18(9-11-19)14-6-4-5-13(16)12(14)2/h4-6H,3,7-11H2,1-2H3,(H,17,20). The number of carbonyl (C=O) groups is 1. The number of hydrogen-bond acceptors (Lipinski definition) is 2. The first-order chi connectivity index (χ1) is 9.63. The van der Waals surface area contributed by atoms with Gasteiger partial charge in [0.25, 0.3) is 0 Å². The van der Waals surface area contributed by atoms with E-state index in [0.717, 1.165) is 49.7 Å². The highest BCUT2D eigenvalue weighted by Gasteiger charge is 2.21. The van der Waals surface area contributed by atoms with E-state index in [1.165, 1.54) is 5.69 Å². The summed E-state index contributed by atoms with van der Waals surface area (Å²) in [5.41, 5.74) is 2.28. The molecule has 1 saturated heterocycles. The molecule has 1 aliphatic rings. The van der Waals surface area contributed by atoms with Gasteiger partial charge in [0.05, 0.1) is 0 Å². The number of rotatable bonds is 3. The molecule has 0 radical (unpaired) electrons. The maximum absolute atomic E-state index is 11.9. The molecule has 1 aromatic carbocycles. The van der Waals surface area contributed by atoms with E-state index in [2.05, 4.69) is 23.2 Å².